The van der Waals surface area contributed by atoms with Crippen molar-refractivity contribution in [1.29, 1.82) is 0 Å². The monoisotopic (exact) mass is 360 g/mol. The van der Waals surface area contributed by atoms with Gasteiger partial charge in [0.15, 0.2) is 11.5 Å². The lowest BCUT2D eigenvalue weighted by molar-refractivity contribution is 0.194. The first kappa shape index (κ1) is 16.5. The predicted octanol–water partition coefficient (Wildman–Crippen LogP) is 2.83. The fourth-order valence-corrected chi connectivity index (χ4v) is 2.88. The molecule has 0 aliphatic carbocycles. The number of hydrogen-bond donors (Lipinski definition) is 3. The number of fused-ring (bicyclic) bond motifs is 1. The number of nitrogen functional groups attached to an aromatic ring is 1. The molecule has 0 bridgehead atoms. The molecule has 0 atom stereocenters. The van der Waals surface area contributed by atoms with Crippen molar-refractivity contribution in [3.63, 3.8) is 0 Å². The van der Waals surface area contributed by atoms with E-state index < -0.39 is 6.09 Å². The molecule has 1 aromatic carbocycles. The standard InChI is InChI=1S/C19H16N6O2/c20-16-14(3-1-9-21-16)17-24-15-4-2-10-22-18(15)25(17)13-7-5-12(6-8-13)11-23-19(26)27/h1-10,23H,11H2,(H2,20,21)(H,26,27). The minimum Gasteiger partial charge on any atom is -0.465 e. The number of hydrogen-bond acceptors (Lipinski definition) is 5. The Morgan fingerprint density at radius 1 is 1.07 bits per heavy atom. The average molecular weight is 360 g/mol. The highest BCUT2D eigenvalue weighted by molar-refractivity contribution is 5.82. The minimum absolute atomic E-state index is 0.237. The van der Waals surface area contributed by atoms with Gasteiger partial charge in [0, 0.05) is 24.6 Å². The van der Waals surface area contributed by atoms with Crippen LogP contribution in [0.5, 0.6) is 0 Å². The molecule has 0 unspecified atom stereocenters. The van der Waals surface area contributed by atoms with E-state index in [-0.39, 0.29) is 6.54 Å². The van der Waals surface area contributed by atoms with Crippen LogP contribution in [0.15, 0.2) is 60.9 Å². The van der Waals surface area contributed by atoms with Crippen molar-refractivity contribution in [2.45, 2.75) is 6.54 Å². The van der Waals surface area contributed by atoms with Crippen molar-refractivity contribution in [2.75, 3.05) is 5.73 Å². The van der Waals surface area contributed by atoms with Crippen LogP contribution < -0.4 is 11.1 Å². The molecule has 3 heterocycles. The van der Waals surface area contributed by atoms with Crippen molar-refractivity contribution < 1.29 is 9.90 Å². The Hall–Kier alpha value is -3.94. The van der Waals surface area contributed by atoms with Crippen molar-refractivity contribution >= 4 is 23.1 Å². The van der Waals surface area contributed by atoms with Gasteiger partial charge >= 0.3 is 6.09 Å². The number of nitrogens with one attached hydrogen (secondary N) is 1. The molecular formula is C19H16N6O2. The summed E-state index contributed by atoms with van der Waals surface area (Å²) in [5.74, 6) is 1.03. The molecule has 4 aromatic rings. The predicted molar refractivity (Wildman–Crippen MR) is 101 cm³/mol. The Balaban J connectivity index is 1.84. The van der Waals surface area contributed by atoms with Gasteiger partial charge in [-0.15, -0.1) is 0 Å². The first-order chi connectivity index (χ1) is 13.1. The zero-order valence-corrected chi connectivity index (χ0v) is 14.2. The molecule has 0 aliphatic rings. The van der Waals surface area contributed by atoms with Gasteiger partial charge in [-0.3, -0.25) is 4.57 Å². The first-order valence-electron chi connectivity index (χ1n) is 8.24. The number of anilines is 1. The Kier molecular flexibility index (Phi) is 4.13. The first-order valence-corrected chi connectivity index (χ1v) is 8.24. The Labute approximate surface area is 154 Å². The summed E-state index contributed by atoms with van der Waals surface area (Å²) in [5.41, 5.74) is 9.91. The van der Waals surface area contributed by atoms with E-state index in [2.05, 4.69) is 15.3 Å². The highest BCUT2D eigenvalue weighted by Crippen LogP contribution is 2.29. The van der Waals surface area contributed by atoms with Gasteiger partial charge in [0.25, 0.3) is 0 Å². The van der Waals surface area contributed by atoms with E-state index in [9.17, 15) is 4.79 Å². The van der Waals surface area contributed by atoms with E-state index in [0.717, 1.165) is 16.8 Å². The molecule has 8 heteroatoms. The number of rotatable bonds is 4. The molecule has 1 amide bonds. The maximum atomic E-state index is 10.7. The molecule has 0 saturated heterocycles. The van der Waals surface area contributed by atoms with E-state index >= 15 is 0 Å². The lowest BCUT2D eigenvalue weighted by Gasteiger charge is -2.11. The summed E-state index contributed by atoms with van der Waals surface area (Å²) in [6.45, 7) is 0.237. The molecule has 0 aliphatic heterocycles. The Morgan fingerprint density at radius 2 is 1.81 bits per heavy atom. The maximum Gasteiger partial charge on any atom is 0.404 e. The molecule has 0 saturated carbocycles. The van der Waals surface area contributed by atoms with Gasteiger partial charge < -0.3 is 16.2 Å². The number of pyridine rings is 2. The van der Waals surface area contributed by atoms with Gasteiger partial charge in [-0.1, -0.05) is 12.1 Å². The van der Waals surface area contributed by atoms with Crippen LogP contribution in [0.4, 0.5) is 10.6 Å². The molecule has 4 N–H and O–H groups in total. The van der Waals surface area contributed by atoms with Crippen LogP contribution in [0.1, 0.15) is 5.56 Å². The summed E-state index contributed by atoms with van der Waals surface area (Å²) in [4.78, 5) is 24.0. The molecule has 27 heavy (non-hydrogen) atoms. The van der Waals surface area contributed by atoms with Gasteiger partial charge in [0.2, 0.25) is 0 Å². The third-order valence-electron chi connectivity index (χ3n) is 4.13. The smallest absolute Gasteiger partial charge is 0.404 e. The van der Waals surface area contributed by atoms with E-state index in [1.54, 1.807) is 12.4 Å². The highest BCUT2D eigenvalue weighted by Gasteiger charge is 2.17. The molecule has 0 fully saturated rings. The van der Waals surface area contributed by atoms with Crippen LogP contribution in [-0.2, 0) is 6.54 Å². The lowest BCUT2D eigenvalue weighted by Crippen LogP contribution is -2.19. The molecular weight excluding hydrogens is 344 g/mol. The summed E-state index contributed by atoms with van der Waals surface area (Å²) in [6, 6.07) is 14.9. The molecule has 134 valence electrons. The maximum absolute atomic E-state index is 10.7. The normalized spacial score (nSPS) is 10.8. The molecule has 4 rings (SSSR count). The van der Waals surface area contributed by atoms with Crippen molar-refractivity contribution in [3.8, 4) is 17.1 Å². The van der Waals surface area contributed by atoms with E-state index in [1.165, 1.54) is 0 Å². The molecule has 3 aromatic heterocycles. The quantitative estimate of drug-likeness (QED) is 0.515. The Morgan fingerprint density at radius 3 is 2.56 bits per heavy atom. The second kappa shape index (κ2) is 6.75. The summed E-state index contributed by atoms with van der Waals surface area (Å²) in [6.07, 6.45) is 2.29. The van der Waals surface area contributed by atoms with Gasteiger partial charge in [-0.25, -0.2) is 19.7 Å². The van der Waals surface area contributed by atoms with Crippen LogP contribution in [0.25, 0.3) is 28.2 Å². The molecule has 0 spiro atoms. The fourth-order valence-electron chi connectivity index (χ4n) is 2.88. The van der Waals surface area contributed by atoms with Gasteiger partial charge in [0.1, 0.15) is 11.3 Å². The van der Waals surface area contributed by atoms with E-state index in [0.29, 0.717) is 22.9 Å². The number of amides is 1. The number of aromatic nitrogens is 4. The second-order valence-corrected chi connectivity index (χ2v) is 5.88. The number of nitrogens with zero attached hydrogens (tertiary/aromatic N) is 4. The summed E-state index contributed by atoms with van der Waals surface area (Å²) < 4.78 is 1.91. The second-order valence-electron chi connectivity index (χ2n) is 5.88. The van der Waals surface area contributed by atoms with Crippen LogP contribution in [0.3, 0.4) is 0 Å². The summed E-state index contributed by atoms with van der Waals surface area (Å²) in [5, 5.41) is 11.1. The molecule has 0 radical (unpaired) electrons. The van der Waals surface area contributed by atoms with E-state index in [1.807, 2.05) is 53.1 Å². The molecule has 8 nitrogen and oxygen atoms in total. The minimum atomic E-state index is -1.06. The van der Waals surface area contributed by atoms with Crippen LogP contribution >= 0.6 is 0 Å². The highest BCUT2D eigenvalue weighted by atomic mass is 16.4. The van der Waals surface area contributed by atoms with Crippen molar-refractivity contribution in [2.24, 2.45) is 0 Å². The fraction of sp³-hybridized carbons (Fsp3) is 0.0526. The Bertz CT molecular complexity index is 1120. The summed E-state index contributed by atoms with van der Waals surface area (Å²) >= 11 is 0. The largest absolute Gasteiger partial charge is 0.465 e. The third kappa shape index (κ3) is 3.15. The number of nitrogens with two attached hydrogens (primary N) is 1. The average Bonchev–Trinajstić information content (AvgIpc) is 3.06. The zero-order valence-electron chi connectivity index (χ0n) is 14.2. The lowest BCUT2D eigenvalue weighted by atomic mass is 10.2. The zero-order chi connectivity index (χ0) is 18.8. The number of imidazole rings is 1. The van der Waals surface area contributed by atoms with Gasteiger partial charge in [0.05, 0.1) is 5.56 Å². The SMILES string of the molecule is Nc1ncccc1-c1nc2cccnc2n1-c1ccc(CNC(=O)O)cc1. The van der Waals surface area contributed by atoms with Crippen LogP contribution in [0.2, 0.25) is 0 Å². The topological polar surface area (TPSA) is 119 Å². The van der Waals surface area contributed by atoms with Crippen molar-refractivity contribution in [1.82, 2.24) is 24.8 Å². The van der Waals surface area contributed by atoms with Gasteiger partial charge in [-0.2, -0.15) is 0 Å². The number of carbonyl (C=O) groups is 1. The van der Waals surface area contributed by atoms with Crippen LogP contribution in [-0.4, -0.2) is 30.7 Å². The third-order valence-corrected chi connectivity index (χ3v) is 4.13. The van der Waals surface area contributed by atoms with Crippen molar-refractivity contribution in [3.05, 3.63) is 66.5 Å². The van der Waals surface area contributed by atoms with Gasteiger partial charge in [-0.05, 0) is 42.0 Å². The number of carboxylic acid groups (broad SMARTS) is 1. The van der Waals surface area contributed by atoms with Crippen LogP contribution in [0, 0.1) is 0 Å². The number of benzene rings is 1. The van der Waals surface area contributed by atoms with E-state index in [4.69, 9.17) is 15.8 Å². The summed E-state index contributed by atoms with van der Waals surface area (Å²) in [7, 11) is 0.